The molecule has 0 unspecified atom stereocenters. The molecule has 7 nitrogen and oxygen atoms in total. The van der Waals surface area contributed by atoms with E-state index in [1.807, 2.05) is 17.0 Å². The first-order valence-electron chi connectivity index (χ1n) is 9.20. The average Bonchev–Trinajstić information content (AvgIpc) is 2.69. The molecular formula is C18H28N4O3. The number of carbonyl (C=O) groups excluding carboxylic acids is 1. The maximum Gasteiger partial charge on any atom is 0.255 e. The predicted octanol–water partition coefficient (Wildman–Crippen LogP) is 0.813. The summed E-state index contributed by atoms with van der Waals surface area (Å²) >= 11 is 0. The van der Waals surface area contributed by atoms with Crippen molar-refractivity contribution in [1.29, 1.82) is 0 Å². The van der Waals surface area contributed by atoms with Crippen LogP contribution in [-0.2, 0) is 4.74 Å². The molecule has 0 bridgehead atoms. The molecular weight excluding hydrogens is 320 g/mol. The standard InChI is InChI=1S/C18H28N4O3/c23-11-1-6-19-17-3-2-15(14-20-17)18(24)22-7-4-16(5-8-22)21-9-12-25-13-10-21/h2-3,14,16,23H,1,4-13H2,(H,19,20). The van der Waals surface area contributed by atoms with E-state index in [0.717, 1.165) is 58.1 Å². The number of aromatic nitrogens is 1. The molecule has 0 aliphatic carbocycles. The van der Waals surface area contributed by atoms with Gasteiger partial charge in [-0.25, -0.2) is 4.98 Å². The van der Waals surface area contributed by atoms with E-state index in [9.17, 15) is 4.79 Å². The Morgan fingerprint density at radius 1 is 1.24 bits per heavy atom. The fourth-order valence-electron chi connectivity index (χ4n) is 3.48. The summed E-state index contributed by atoms with van der Waals surface area (Å²) in [6, 6.07) is 4.22. The Morgan fingerprint density at radius 3 is 2.64 bits per heavy atom. The zero-order valence-corrected chi connectivity index (χ0v) is 14.7. The zero-order valence-electron chi connectivity index (χ0n) is 14.7. The van der Waals surface area contributed by atoms with Gasteiger partial charge >= 0.3 is 0 Å². The molecule has 25 heavy (non-hydrogen) atoms. The summed E-state index contributed by atoms with van der Waals surface area (Å²) in [7, 11) is 0. The van der Waals surface area contributed by atoms with Gasteiger partial charge in [-0.3, -0.25) is 9.69 Å². The monoisotopic (exact) mass is 348 g/mol. The second-order valence-corrected chi connectivity index (χ2v) is 6.61. The molecule has 7 heteroatoms. The Kier molecular flexibility index (Phi) is 6.61. The molecule has 2 aliphatic rings. The molecule has 2 aliphatic heterocycles. The number of likely N-dealkylation sites (tertiary alicyclic amines) is 1. The van der Waals surface area contributed by atoms with Crippen LogP contribution in [0.15, 0.2) is 18.3 Å². The fraction of sp³-hybridized carbons (Fsp3) is 0.667. The maximum atomic E-state index is 12.7. The SMILES string of the molecule is O=C(c1ccc(NCCCO)nc1)N1CCC(N2CCOCC2)CC1. The summed E-state index contributed by atoms with van der Waals surface area (Å²) in [5, 5.41) is 11.9. The maximum absolute atomic E-state index is 12.7. The zero-order chi connectivity index (χ0) is 17.5. The summed E-state index contributed by atoms with van der Waals surface area (Å²) in [4.78, 5) is 21.4. The van der Waals surface area contributed by atoms with Gasteiger partial charge in [0.05, 0.1) is 18.8 Å². The molecule has 0 radical (unpaired) electrons. The van der Waals surface area contributed by atoms with Crippen molar-refractivity contribution >= 4 is 11.7 Å². The molecule has 0 aromatic carbocycles. The van der Waals surface area contributed by atoms with Gasteiger partial charge in [0.15, 0.2) is 0 Å². The molecule has 2 N–H and O–H groups in total. The second kappa shape index (κ2) is 9.12. The lowest BCUT2D eigenvalue weighted by Gasteiger charge is -2.40. The highest BCUT2D eigenvalue weighted by molar-refractivity contribution is 5.94. The number of anilines is 1. The molecule has 0 spiro atoms. The number of hydrogen-bond acceptors (Lipinski definition) is 6. The number of rotatable bonds is 6. The summed E-state index contributed by atoms with van der Waals surface area (Å²) < 4.78 is 5.42. The second-order valence-electron chi connectivity index (χ2n) is 6.61. The third-order valence-electron chi connectivity index (χ3n) is 4.97. The molecule has 3 heterocycles. The van der Waals surface area contributed by atoms with Crippen LogP contribution in [0.25, 0.3) is 0 Å². The Bertz CT molecular complexity index is 538. The lowest BCUT2D eigenvalue weighted by Crippen LogP contribution is -2.50. The van der Waals surface area contributed by atoms with E-state index in [1.165, 1.54) is 0 Å². The number of nitrogens with one attached hydrogen (secondary N) is 1. The predicted molar refractivity (Wildman–Crippen MR) is 95.7 cm³/mol. The number of aliphatic hydroxyl groups is 1. The van der Waals surface area contributed by atoms with Crippen LogP contribution in [-0.4, -0.2) is 84.4 Å². The highest BCUT2D eigenvalue weighted by Crippen LogP contribution is 2.19. The quantitative estimate of drug-likeness (QED) is 0.741. The highest BCUT2D eigenvalue weighted by Gasteiger charge is 2.28. The molecule has 0 saturated carbocycles. The minimum absolute atomic E-state index is 0.0647. The van der Waals surface area contributed by atoms with Crippen molar-refractivity contribution in [2.24, 2.45) is 0 Å². The normalized spacial score (nSPS) is 19.8. The van der Waals surface area contributed by atoms with Crippen LogP contribution in [0.5, 0.6) is 0 Å². The number of morpholine rings is 1. The molecule has 1 aromatic rings. The number of amides is 1. The van der Waals surface area contributed by atoms with Gasteiger partial charge in [0.2, 0.25) is 0 Å². The Balaban J connectivity index is 1.48. The van der Waals surface area contributed by atoms with Crippen LogP contribution in [0.1, 0.15) is 29.6 Å². The lowest BCUT2D eigenvalue weighted by atomic mass is 10.0. The van der Waals surface area contributed by atoms with Crippen LogP contribution < -0.4 is 5.32 Å². The molecule has 2 fully saturated rings. The Labute approximate surface area is 149 Å². The summed E-state index contributed by atoms with van der Waals surface area (Å²) in [6.45, 7) is 6.10. The minimum atomic E-state index is 0.0647. The number of piperidine rings is 1. The fourth-order valence-corrected chi connectivity index (χ4v) is 3.48. The summed E-state index contributed by atoms with van der Waals surface area (Å²) in [6.07, 6.45) is 4.37. The van der Waals surface area contributed by atoms with Crippen LogP contribution >= 0.6 is 0 Å². The van der Waals surface area contributed by atoms with E-state index in [2.05, 4.69) is 15.2 Å². The first kappa shape index (κ1) is 18.1. The smallest absolute Gasteiger partial charge is 0.255 e. The van der Waals surface area contributed by atoms with Crippen LogP contribution in [0.2, 0.25) is 0 Å². The van der Waals surface area contributed by atoms with Crippen molar-refractivity contribution in [3.8, 4) is 0 Å². The van der Waals surface area contributed by atoms with Crippen molar-refractivity contribution in [3.63, 3.8) is 0 Å². The first-order chi connectivity index (χ1) is 12.3. The van der Waals surface area contributed by atoms with Crippen LogP contribution in [0, 0.1) is 0 Å². The molecule has 1 amide bonds. The van der Waals surface area contributed by atoms with Crippen LogP contribution in [0.4, 0.5) is 5.82 Å². The van der Waals surface area contributed by atoms with Crippen LogP contribution in [0.3, 0.4) is 0 Å². The van der Waals surface area contributed by atoms with Crippen molar-refractivity contribution in [1.82, 2.24) is 14.8 Å². The van der Waals surface area contributed by atoms with Crippen molar-refractivity contribution in [2.45, 2.75) is 25.3 Å². The van der Waals surface area contributed by atoms with Crippen molar-refractivity contribution in [3.05, 3.63) is 23.9 Å². The van der Waals surface area contributed by atoms with Gasteiger partial charge in [0, 0.05) is 51.6 Å². The highest BCUT2D eigenvalue weighted by atomic mass is 16.5. The van der Waals surface area contributed by atoms with Gasteiger partial charge in [-0.1, -0.05) is 0 Å². The number of aliphatic hydroxyl groups excluding tert-OH is 1. The molecule has 3 rings (SSSR count). The Morgan fingerprint density at radius 2 is 2.00 bits per heavy atom. The Hall–Kier alpha value is -1.70. The van der Waals surface area contributed by atoms with Crippen molar-refractivity contribution < 1.29 is 14.6 Å². The number of carbonyl (C=O) groups is 1. The summed E-state index contributed by atoms with van der Waals surface area (Å²) in [5.41, 5.74) is 0.637. The van der Waals surface area contributed by atoms with Gasteiger partial charge in [-0.2, -0.15) is 0 Å². The van der Waals surface area contributed by atoms with E-state index in [4.69, 9.17) is 9.84 Å². The average molecular weight is 348 g/mol. The lowest BCUT2D eigenvalue weighted by molar-refractivity contribution is 0.00158. The molecule has 2 saturated heterocycles. The number of pyridine rings is 1. The van der Waals surface area contributed by atoms with Crippen molar-refractivity contribution in [2.75, 3.05) is 57.9 Å². The van der Waals surface area contributed by atoms with E-state index in [-0.39, 0.29) is 12.5 Å². The van der Waals surface area contributed by atoms with Gasteiger partial charge in [-0.05, 0) is 31.4 Å². The third kappa shape index (κ3) is 4.90. The third-order valence-corrected chi connectivity index (χ3v) is 4.97. The minimum Gasteiger partial charge on any atom is -0.396 e. The number of nitrogens with zero attached hydrogens (tertiary/aromatic N) is 3. The van der Waals surface area contributed by atoms with E-state index in [1.54, 1.807) is 6.20 Å². The number of ether oxygens (including phenoxy) is 1. The van der Waals surface area contributed by atoms with Gasteiger partial charge in [-0.15, -0.1) is 0 Å². The number of hydrogen-bond donors (Lipinski definition) is 2. The topological polar surface area (TPSA) is 77.9 Å². The van der Waals surface area contributed by atoms with E-state index in [0.29, 0.717) is 24.6 Å². The molecule has 0 atom stereocenters. The van der Waals surface area contributed by atoms with Gasteiger partial charge in [0.25, 0.3) is 5.91 Å². The molecule has 1 aromatic heterocycles. The van der Waals surface area contributed by atoms with E-state index < -0.39 is 0 Å². The summed E-state index contributed by atoms with van der Waals surface area (Å²) in [5.74, 6) is 0.797. The first-order valence-corrected chi connectivity index (χ1v) is 9.20. The van der Waals surface area contributed by atoms with Gasteiger partial charge < -0.3 is 20.1 Å². The molecule has 138 valence electrons. The van der Waals surface area contributed by atoms with E-state index >= 15 is 0 Å². The largest absolute Gasteiger partial charge is 0.396 e. The van der Waals surface area contributed by atoms with Gasteiger partial charge in [0.1, 0.15) is 5.82 Å².